The summed E-state index contributed by atoms with van der Waals surface area (Å²) >= 11 is 1.81. The maximum absolute atomic E-state index is 11.8. The number of carbonyl (C=O) groups is 1. The van der Waals surface area contributed by atoms with Crippen molar-refractivity contribution in [3.63, 3.8) is 0 Å². The summed E-state index contributed by atoms with van der Waals surface area (Å²) in [6, 6.07) is 0. The predicted molar refractivity (Wildman–Crippen MR) is 60.3 cm³/mol. The van der Waals surface area contributed by atoms with Gasteiger partial charge < -0.3 is 9.47 Å². The quantitative estimate of drug-likeness (QED) is 0.735. The summed E-state index contributed by atoms with van der Waals surface area (Å²) in [6.45, 7) is 1.59. The van der Waals surface area contributed by atoms with Gasteiger partial charge in [0.2, 0.25) is 0 Å². The highest BCUT2D eigenvalue weighted by Crippen LogP contribution is 2.19. The standard InChI is InChI=1S/C11H18O3S/c12-10(11-8-15-7-6-14-11)4-3-9-2-1-5-13-9/h9,11H,1-8H2. The summed E-state index contributed by atoms with van der Waals surface area (Å²) in [4.78, 5) is 11.8. The highest BCUT2D eigenvalue weighted by molar-refractivity contribution is 7.99. The van der Waals surface area contributed by atoms with Crippen molar-refractivity contribution in [1.82, 2.24) is 0 Å². The Kier molecular flexibility index (Phi) is 4.47. The highest BCUT2D eigenvalue weighted by atomic mass is 32.2. The number of hydrogen-bond donors (Lipinski definition) is 0. The van der Waals surface area contributed by atoms with Gasteiger partial charge in [-0.3, -0.25) is 4.79 Å². The Balaban J connectivity index is 1.66. The minimum atomic E-state index is -0.148. The molecule has 2 heterocycles. The highest BCUT2D eigenvalue weighted by Gasteiger charge is 2.24. The van der Waals surface area contributed by atoms with Gasteiger partial charge in [-0.2, -0.15) is 11.8 Å². The molecule has 15 heavy (non-hydrogen) atoms. The van der Waals surface area contributed by atoms with Crippen LogP contribution < -0.4 is 0 Å². The van der Waals surface area contributed by atoms with E-state index in [1.165, 1.54) is 0 Å². The zero-order chi connectivity index (χ0) is 10.5. The molecule has 0 amide bonds. The van der Waals surface area contributed by atoms with E-state index in [1.807, 2.05) is 11.8 Å². The van der Waals surface area contributed by atoms with Crippen molar-refractivity contribution < 1.29 is 14.3 Å². The number of rotatable bonds is 4. The summed E-state index contributed by atoms with van der Waals surface area (Å²) in [7, 11) is 0. The molecule has 2 atom stereocenters. The van der Waals surface area contributed by atoms with Crippen LogP contribution in [0.25, 0.3) is 0 Å². The molecule has 0 aromatic rings. The minimum Gasteiger partial charge on any atom is -0.378 e. The molecule has 2 fully saturated rings. The third kappa shape index (κ3) is 3.47. The van der Waals surface area contributed by atoms with Crippen LogP contribution in [-0.4, -0.2) is 42.7 Å². The van der Waals surface area contributed by atoms with Crippen LogP contribution in [0.15, 0.2) is 0 Å². The Hall–Kier alpha value is -0.0600. The van der Waals surface area contributed by atoms with E-state index < -0.39 is 0 Å². The lowest BCUT2D eigenvalue weighted by molar-refractivity contribution is -0.129. The molecule has 0 N–H and O–H groups in total. The van der Waals surface area contributed by atoms with Crippen molar-refractivity contribution in [2.24, 2.45) is 0 Å². The molecule has 0 spiro atoms. The second kappa shape index (κ2) is 5.87. The van der Waals surface area contributed by atoms with E-state index in [9.17, 15) is 4.79 Å². The van der Waals surface area contributed by atoms with Crippen LogP contribution in [0.3, 0.4) is 0 Å². The number of carbonyl (C=O) groups excluding carboxylic acids is 1. The molecule has 2 aliphatic rings. The Labute approximate surface area is 94.9 Å². The fraction of sp³-hybridized carbons (Fsp3) is 0.909. The molecule has 2 aliphatic heterocycles. The second-order valence-electron chi connectivity index (χ2n) is 4.07. The maximum Gasteiger partial charge on any atom is 0.162 e. The van der Waals surface area contributed by atoms with Gasteiger partial charge in [-0.1, -0.05) is 0 Å². The molecule has 3 nitrogen and oxygen atoms in total. The third-order valence-corrected chi connectivity index (χ3v) is 3.91. The van der Waals surface area contributed by atoms with Crippen molar-refractivity contribution in [3.8, 4) is 0 Å². The first kappa shape index (κ1) is 11.4. The Morgan fingerprint density at radius 2 is 2.27 bits per heavy atom. The fourth-order valence-electron chi connectivity index (χ4n) is 2.01. The molecule has 0 radical (unpaired) electrons. The van der Waals surface area contributed by atoms with Crippen LogP contribution in [-0.2, 0) is 14.3 Å². The van der Waals surface area contributed by atoms with E-state index in [-0.39, 0.29) is 11.9 Å². The Bertz CT molecular complexity index is 208. The molecule has 2 rings (SSSR count). The van der Waals surface area contributed by atoms with Crippen LogP contribution in [0.5, 0.6) is 0 Å². The molecule has 0 aromatic carbocycles. The topological polar surface area (TPSA) is 35.5 Å². The molecule has 2 unspecified atom stereocenters. The lowest BCUT2D eigenvalue weighted by Gasteiger charge is -2.21. The van der Waals surface area contributed by atoms with E-state index >= 15 is 0 Å². The summed E-state index contributed by atoms with van der Waals surface area (Å²) in [6.07, 6.45) is 3.94. The number of hydrogen-bond acceptors (Lipinski definition) is 4. The van der Waals surface area contributed by atoms with Crippen LogP contribution in [0.2, 0.25) is 0 Å². The van der Waals surface area contributed by atoms with Gasteiger partial charge in [0.15, 0.2) is 5.78 Å². The molecule has 0 aromatic heterocycles. The molecule has 86 valence electrons. The van der Waals surface area contributed by atoms with Gasteiger partial charge in [0.1, 0.15) is 6.10 Å². The van der Waals surface area contributed by atoms with Crippen LogP contribution in [0, 0.1) is 0 Å². The van der Waals surface area contributed by atoms with Crippen molar-refractivity contribution in [2.45, 2.75) is 37.9 Å². The summed E-state index contributed by atoms with van der Waals surface area (Å²) in [5.74, 6) is 2.12. The predicted octanol–water partition coefficient (Wildman–Crippen LogP) is 1.65. The molecule has 4 heteroatoms. The second-order valence-corrected chi connectivity index (χ2v) is 5.22. The van der Waals surface area contributed by atoms with Crippen molar-refractivity contribution in [2.75, 3.05) is 24.7 Å². The smallest absolute Gasteiger partial charge is 0.162 e. The van der Waals surface area contributed by atoms with Gasteiger partial charge in [0.25, 0.3) is 0 Å². The molecular formula is C11H18O3S. The van der Waals surface area contributed by atoms with E-state index in [2.05, 4.69) is 0 Å². The minimum absolute atomic E-state index is 0.148. The third-order valence-electron chi connectivity index (χ3n) is 2.91. The summed E-state index contributed by atoms with van der Waals surface area (Å²) < 4.78 is 10.9. The average molecular weight is 230 g/mol. The first-order valence-corrected chi connectivity index (χ1v) is 6.85. The van der Waals surface area contributed by atoms with E-state index in [1.54, 1.807) is 0 Å². The molecule has 0 saturated carbocycles. The van der Waals surface area contributed by atoms with Gasteiger partial charge in [0, 0.05) is 24.5 Å². The van der Waals surface area contributed by atoms with E-state index in [4.69, 9.17) is 9.47 Å². The first-order valence-electron chi connectivity index (χ1n) is 5.70. The van der Waals surface area contributed by atoms with Crippen molar-refractivity contribution in [1.29, 1.82) is 0 Å². The summed E-state index contributed by atoms with van der Waals surface area (Å²) in [5, 5.41) is 0. The van der Waals surface area contributed by atoms with Crippen LogP contribution >= 0.6 is 11.8 Å². The van der Waals surface area contributed by atoms with E-state index in [0.717, 1.165) is 44.0 Å². The van der Waals surface area contributed by atoms with Crippen LogP contribution in [0.4, 0.5) is 0 Å². The van der Waals surface area contributed by atoms with Gasteiger partial charge in [-0.05, 0) is 19.3 Å². The Morgan fingerprint density at radius 1 is 1.33 bits per heavy atom. The lowest BCUT2D eigenvalue weighted by atomic mass is 10.1. The molecule has 0 aliphatic carbocycles. The van der Waals surface area contributed by atoms with Crippen molar-refractivity contribution in [3.05, 3.63) is 0 Å². The lowest BCUT2D eigenvalue weighted by Crippen LogP contribution is -2.31. The summed E-state index contributed by atoms with van der Waals surface area (Å²) in [5.41, 5.74) is 0. The first-order chi connectivity index (χ1) is 7.36. The Morgan fingerprint density at radius 3 is 2.93 bits per heavy atom. The number of ketones is 1. The number of ether oxygens (including phenoxy) is 2. The number of thioether (sulfide) groups is 1. The van der Waals surface area contributed by atoms with Gasteiger partial charge in [-0.25, -0.2) is 0 Å². The van der Waals surface area contributed by atoms with Gasteiger partial charge >= 0.3 is 0 Å². The average Bonchev–Trinajstić information content (AvgIpc) is 2.80. The maximum atomic E-state index is 11.8. The van der Waals surface area contributed by atoms with Crippen LogP contribution in [0.1, 0.15) is 25.7 Å². The SMILES string of the molecule is O=C(CCC1CCCO1)C1CSCCO1. The van der Waals surface area contributed by atoms with Gasteiger partial charge in [0.05, 0.1) is 12.7 Å². The monoisotopic (exact) mass is 230 g/mol. The number of Topliss-reactive ketones (excluding diaryl/α,β-unsaturated/α-hetero) is 1. The fourth-order valence-corrected chi connectivity index (χ4v) is 2.89. The zero-order valence-electron chi connectivity index (χ0n) is 8.94. The normalized spacial score (nSPS) is 31.7. The largest absolute Gasteiger partial charge is 0.378 e. The van der Waals surface area contributed by atoms with Gasteiger partial charge in [-0.15, -0.1) is 0 Å². The zero-order valence-corrected chi connectivity index (χ0v) is 9.76. The van der Waals surface area contributed by atoms with E-state index in [0.29, 0.717) is 12.5 Å². The molecule has 0 bridgehead atoms. The molecular weight excluding hydrogens is 212 g/mol. The molecule has 2 saturated heterocycles. The van der Waals surface area contributed by atoms with Crippen molar-refractivity contribution >= 4 is 17.5 Å².